The fraction of sp³-hybridized carbons (Fsp3) is 0.333. The molecule has 1 aromatic rings. The largest absolute Gasteiger partial charge is 0.377 e. The summed E-state index contributed by atoms with van der Waals surface area (Å²) in [7, 11) is 1.51. The van der Waals surface area contributed by atoms with Crippen molar-refractivity contribution in [1.82, 2.24) is 4.98 Å². The molecule has 0 aliphatic heterocycles. The number of hydrogen-bond acceptors (Lipinski definition) is 3. The van der Waals surface area contributed by atoms with Crippen molar-refractivity contribution >= 4 is 5.78 Å². The van der Waals surface area contributed by atoms with Crippen LogP contribution >= 0.6 is 0 Å². The minimum Gasteiger partial charge on any atom is -0.377 e. The molecule has 0 unspecified atom stereocenters. The second kappa shape index (κ2) is 3.97. The number of ketones is 1. The number of Topliss-reactive ketones (excluding diaryl/α,β-unsaturated/α-hetero) is 1. The van der Waals surface area contributed by atoms with Crippen molar-refractivity contribution in [2.24, 2.45) is 0 Å². The molecule has 0 bridgehead atoms. The Morgan fingerprint density at radius 2 is 2.42 bits per heavy atom. The van der Waals surface area contributed by atoms with Crippen LogP contribution in [0.3, 0.4) is 0 Å². The lowest BCUT2D eigenvalue weighted by molar-refractivity contribution is 0.0847. The Labute approximate surface area is 71.4 Å². The fourth-order valence-electron chi connectivity index (χ4n) is 0.995. The Kier molecular flexibility index (Phi) is 2.94. The smallest absolute Gasteiger partial charge is 0.188 e. The van der Waals surface area contributed by atoms with Crippen molar-refractivity contribution in [3.63, 3.8) is 0 Å². The van der Waals surface area contributed by atoms with Crippen LogP contribution < -0.4 is 0 Å². The van der Waals surface area contributed by atoms with E-state index >= 15 is 0 Å². The first-order valence-corrected chi connectivity index (χ1v) is 3.68. The monoisotopic (exact) mass is 165 g/mol. The predicted molar refractivity (Wildman–Crippen MR) is 45.2 cm³/mol. The lowest BCUT2D eigenvalue weighted by atomic mass is 10.1. The highest BCUT2D eigenvalue weighted by Gasteiger charge is 2.06. The molecule has 1 rings (SSSR count). The van der Waals surface area contributed by atoms with Gasteiger partial charge in [0.1, 0.15) is 6.61 Å². The van der Waals surface area contributed by atoms with E-state index in [1.807, 2.05) is 6.92 Å². The fourth-order valence-corrected chi connectivity index (χ4v) is 0.995. The van der Waals surface area contributed by atoms with E-state index in [2.05, 4.69) is 4.98 Å². The second-order valence-corrected chi connectivity index (χ2v) is 2.55. The average molecular weight is 165 g/mol. The lowest BCUT2D eigenvalue weighted by Gasteiger charge is -2.01. The van der Waals surface area contributed by atoms with Crippen LogP contribution in [-0.4, -0.2) is 24.5 Å². The van der Waals surface area contributed by atoms with Crippen molar-refractivity contribution in [3.8, 4) is 0 Å². The Bertz CT molecular complexity index is 284. The number of pyridine rings is 1. The zero-order valence-corrected chi connectivity index (χ0v) is 7.20. The maximum atomic E-state index is 11.3. The number of ether oxygens (including phenoxy) is 1. The van der Waals surface area contributed by atoms with E-state index in [1.165, 1.54) is 7.11 Å². The zero-order chi connectivity index (χ0) is 8.97. The summed E-state index contributed by atoms with van der Waals surface area (Å²) in [5.74, 6) is -0.00241. The number of carbonyl (C=O) groups excluding carboxylic acids is 1. The van der Waals surface area contributed by atoms with Gasteiger partial charge < -0.3 is 4.74 Å². The molecule has 0 aliphatic carbocycles. The molecule has 0 atom stereocenters. The molecule has 0 saturated heterocycles. The van der Waals surface area contributed by atoms with Gasteiger partial charge in [0, 0.05) is 25.1 Å². The van der Waals surface area contributed by atoms with Crippen LogP contribution in [0.15, 0.2) is 18.5 Å². The number of carbonyl (C=O) groups is 1. The maximum Gasteiger partial charge on any atom is 0.188 e. The predicted octanol–water partition coefficient (Wildman–Crippen LogP) is 1.22. The second-order valence-electron chi connectivity index (χ2n) is 2.55. The van der Waals surface area contributed by atoms with Gasteiger partial charge in [-0.1, -0.05) is 0 Å². The summed E-state index contributed by atoms with van der Waals surface area (Å²) < 4.78 is 4.74. The molecule has 0 N–H and O–H groups in total. The number of rotatable bonds is 3. The van der Waals surface area contributed by atoms with Crippen LogP contribution in [0.5, 0.6) is 0 Å². The molecule has 0 amide bonds. The Morgan fingerprint density at radius 3 is 3.00 bits per heavy atom. The first-order chi connectivity index (χ1) is 5.75. The highest BCUT2D eigenvalue weighted by molar-refractivity contribution is 5.98. The number of nitrogens with zero attached hydrogens (tertiary/aromatic N) is 1. The summed E-state index contributed by atoms with van der Waals surface area (Å²) in [6.07, 6.45) is 3.28. The summed E-state index contributed by atoms with van der Waals surface area (Å²) in [6.45, 7) is 1.99. The van der Waals surface area contributed by atoms with Crippen LogP contribution in [0.25, 0.3) is 0 Å². The van der Waals surface area contributed by atoms with E-state index < -0.39 is 0 Å². The quantitative estimate of drug-likeness (QED) is 0.632. The number of hydrogen-bond donors (Lipinski definition) is 0. The van der Waals surface area contributed by atoms with E-state index in [1.54, 1.807) is 18.5 Å². The highest BCUT2D eigenvalue weighted by atomic mass is 16.5. The number of aryl methyl sites for hydroxylation is 1. The minimum atomic E-state index is -0.00241. The van der Waals surface area contributed by atoms with Crippen molar-refractivity contribution in [2.75, 3.05) is 13.7 Å². The molecule has 0 spiro atoms. The third-order valence-corrected chi connectivity index (χ3v) is 1.60. The third kappa shape index (κ3) is 1.89. The van der Waals surface area contributed by atoms with Crippen LogP contribution in [0.4, 0.5) is 0 Å². The highest BCUT2D eigenvalue weighted by Crippen LogP contribution is 2.05. The summed E-state index contributed by atoms with van der Waals surface area (Å²) in [6, 6.07) is 1.71. The maximum absolute atomic E-state index is 11.3. The molecule has 0 fully saturated rings. The van der Waals surface area contributed by atoms with Gasteiger partial charge in [0.05, 0.1) is 0 Å². The normalized spacial score (nSPS) is 9.83. The van der Waals surface area contributed by atoms with Crippen molar-refractivity contribution in [3.05, 3.63) is 29.6 Å². The zero-order valence-electron chi connectivity index (χ0n) is 7.20. The van der Waals surface area contributed by atoms with Gasteiger partial charge in [-0.05, 0) is 18.6 Å². The molecule has 1 heterocycles. The van der Waals surface area contributed by atoms with E-state index in [9.17, 15) is 4.79 Å². The molecule has 1 aromatic heterocycles. The Balaban J connectivity index is 2.87. The van der Waals surface area contributed by atoms with Gasteiger partial charge in [-0.15, -0.1) is 0 Å². The Hall–Kier alpha value is -1.22. The molecule has 3 nitrogen and oxygen atoms in total. The Morgan fingerprint density at radius 1 is 1.67 bits per heavy atom. The van der Waals surface area contributed by atoms with Gasteiger partial charge in [-0.2, -0.15) is 0 Å². The summed E-state index contributed by atoms with van der Waals surface area (Å²) >= 11 is 0. The SMILES string of the molecule is COCC(=O)c1ccncc1C. The van der Waals surface area contributed by atoms with Gasteiger partial charge >= 0.3 is 0 Å². The topological polar surface area (TPSA) is 39.2 Å². The molecule has 12 heavy (non-hydrogen) atoms. The molecule has 0 aliphatic rings. The van der Waals surface area contributed by atoms with Gasteiger partial charge in [0.25, 0.3) is 0 Å². The number of methoxy groups -OCH3 is 1. The third-order valence-electron chi connectivity index (χ3n) is 1.60. The van der Waals surface area contributed by atoms with Crippen LogP contribution in [0, 0.1) is 6.92 Å². The summed E-state index contributed by atoms with van der Waals surface area (Å²) in [4.78, 5) is 15.2. The first kappa shape index (κ1) is 8.87. The lowest BCUT2D eigenvalue weighted by Crippen LogP contribution is -2.08. The molecule has 0 aromatic carbocycles. The molecule has 0 saturated carbocycles. The molecule has 0 radical (unpaired) electrons. The minimum absolute atomic E-state index is 0.00241. The van der Waals surface area contributed by atoms with Crippen LogP contribution in [-0.2, 0) is 4.74 Å². The van der Waals surface area contributed by atoms with E-state index in [0.29, 0.717) is 5.56 Å². The molecule has 64 valence electrons. The summed E-state index contributed by atoms with van der Waals surface area (Å²) in [5, 5.41) is 0. The van der Waals surface area contributed by atoms with Crippen molar-refractivity contribution in [1.29, 1.82) is 0 Å². The number of aromatic nitrogens is 1. The van der Waals surface area contributed by atoms with Crippen molar-refractivity contribution in [2.45, 2.75) is 6.92 Å². The summed E-state index contributed by atoms with van der Waals surface area (Å²) in [5.41, 5.74) is 1.58. The van der Waals surface area contributed by atoms with Gasteiger partial charge in [0.15, 0.2) is 5.78 Å². The van der Waals surface area contributed by atoms with Crippen molar-refractivity contribution < 1.29 is 9.53 Å². The van der Waals surface area contributed by atoms with Gasteiger partial charge in [-0.3, -0.25) is 9.78 Å². The average Bonchev–Trinajstić information content (AvgIpc) is 2.05. The van der Waals surface area contributed by atoms with Gasteiger partial charge in [-0.25, -0.2) is 0 Å². The van der Waals surface area contributed by atoms with E-state index in [-0.39, 0.29) is 12.4 Å². The molecular weight excluding hydrogens is 154 g/mol. The molecular formula is C9H11NO2. The van der Waals surface area contributed by atoms with E-state index in [4.69, 9.17) is 4.74 Å². The van der Waals surface area contributed by atoms with Crippen LogP contribution in [0.2, 0.25) is 0 Å². The standard InChI is InChI=1S/C9H11NO2/c1-7-5-10-4-3-8(7)9(11)6-12-2/h3-5H,6H2,1-2H3. The van der Waals surface area contributed by atoms with Gasteiger partial charge in [0.2, 0.25) is 0 Å². The van der Waals surface area contributed by atoms with Crippen LogP contribution in [0.1, 0.15) is 15.9 Å². The van der Waals surface area contributed by atoms with E-state index in [0.717, 1.165) is 5.56 Å². The first-order valence-electron chi connectivity index (χ1n) is 3.68. The molecule has 3 heteroatoms.